The molecule has 2 amide bonds. The number of nitrogens with zero attached hydrogens (tertiary/aromatic N) is 2. The first-order chi connectivity index (χ1) is 16.1. The molecule has 0 aromatic carbocycles. The summed E-state index contributed by atoms with van der Waals surface area (Å²) in [5.41, 5.74) is 0. The second-order valence-corrected chi connectivity index (χ2v) is 13.7. The standard InChI is InChI=1S/C25H42N2O6S/c1-16(2)33-25(30)26-15-17(3)27(24(29)19-4-5-19)22-11-8-20(14-23(22)26)18-6-9-21(10-7-18)34(31,32)13-12-28/h16-23,28H,4-15H2,1-3H3/t17-,18?,20?,21?,22?,23?/m0/s1. The molecule has 0 aromatic heterocycles. The van der Waals surface area contributed by atoms with E-state index in [2.05, 4.69) is 4.90 Å². The van der Waals surface area contributed by atoms with Gasteiger partial charge in [0, 0.05) is 18.5 Å². The first kappa shape index (κ1) is 25.7. The van der Waals surface area contributed by atoms with Crippen LogP contribution >= 0.6 is 0 Å². The van der Waals surface area contributed by atoms with Gasteiger partial charge in [-0.05, 0) is 90.4 Å². The fourth-order valence-corrected chi connectivity index (χ4v) is 8.28. The second kappa shape index (κ2) is 10.3. The molecule has 1 aliphatic heterocycles. The van der Waals surface area contributed by atoms with Gasteiger partial charge >= 0.3 is 6.09 Å². The maximum atomic E-state index is 13.2. The number of hydrogen-bond acceptors (Lipinski definition) is 6. The minimum Gasteiger partial charge on any atom is -0.447 e. The summed E-state index contributed by atoms with van der Waals surface area (Å²) in [5, 5.41) is 8.75. The third-order valence-corrected chi connectivity index (χ3v) is 10.8. The molecule has 0 aromatic rings. The molecule has 3 saturated carbocycles. The lowest BCUT2D eigenvalue weighted by atomic mass is 9.69. The van der Waals surface area contributed by atoms with Gasteiger partial charge in [-0.1, -0.05) is 0 Å². The minimum atomic E-state index is -3.23. The van der Waals surface area contributed by atoms with Gasteiger partial charge in [0.15, 0.2) is 9.84 Å². The predicted molar refractivity (Wildman–Crippen MR) is 129 cm³/mol. The Hall–Kier alpha value is -1.35. The number of carbonyl (C=O) groups excluding carboxylic acids is 2. The van der Waals surface area contributed by atoms with Gasteiger partial charge in [-0.25, -0.2) is 13.2 Å². The lowest BCUT2D eigenvalue weighted by Crippen LogP contribution is -2.67. The number of aliphatic hydroxyl groups is 1. The predicted octanol–water partition coefficient (Wildman–Crippen LogP) is 2.98. The Kier molecular flexibility index (Phi) is 7.82. The van der Waals surface area contributed by atoms with E-state index in [0.717, 1.165) is 44.9 Å². The third-order valence-electron chi connectivity index (χ3n) is 8.54. The molecule has 0 radical (unpaired) electrons. The van der Waals surface area contributed by atoms with Gasteiger partial charge in [0.1, 0.15) is 0 Å². The van der Waals surface area contributed by atoms with Crippen molar-refractivity contribution in [1.82, 2.24) is 9.80 Å². The van der Waals surface area contributed by atoms with Crippen LogP contribution in [0.25, 0.3) is 0 Å². The summed E-state index contributed by atoms with van der Waals surface area (Å²) < 4.78 is 30.4. The molecule has 3 unspecified atom stereocenters. The number of fused-ring (bicyclic) bond motifs is 1. The first-order valence-corrected chi connectivity index (χ1v) is 15.0. The minimum absolute atomic E-state index is 0.0159. The molecule has 8 nitrogen and oxygen atoms in total. The lowest BCUT2D eigenvalue weighted by molar-refractivity contribution is -0.146. The summed E-state index contributed by atoms with van der Waals surface area (Å²) in [6.45, 7) is 5.96. The monoisotopic (exact) mass is 498 g/mol. The van der Waals surface area contributed by atoms with E-state index in [1.54, 1.807) is 0 Å². The molecule has 34 heavy (non-hydrogen) atoms. The highest BCUT2D eigenvalue weighted by atomic mass is 32.2. The van der Waals surface area contributed by atoms with Crippen LogP contribution in [0.1, 0.15) is 78.6 Å². The van der Waals surface area contributed by atoms with E-state index in [1.165, 1.54) is 0 Å². The largest absolute Gasteiger partial charge is 0.447 e. The smallest absolute Gasteiger partial charge is 0.410 e. The van der Waals surface area contributed by atoms with Gasteiger partial charge in [-0.3, -0.25) is 4.79 Å². The van der Waals surface area contributed by atoms with Gasteiger partial charge in [0.25, 0.3) is 0 Å². The normalized spacial score (nSPS) is 34.6. The van der Waals surface area contributed by atoms with Gasteiger partial charge in [-0.15, -0.1) is 0 Å². The fourth-order valence-electron chi connectivity index (χ4n) is 6.70. The summed E-state index contributed by atoms with van der Waals surface area (Å²) >= 11 is 0. The van der Waals surface area contributed by atoms with Crippen molar-refractivity contribution in [2.24, 2.45) is 17.8 Å². The third kappa shape index (κ3) is 5.40. The zero-order valence-electron chi connectivity index (χ0n) is 20.9. The highest BCUT2D eigenvalue weighted by Gasteiger charge is 2.50. The van der Waals surface area contributed by atoms with Crippen molar-refractivity contribution in [1.29, 1.82) is 0 Å². The maximum Gasteiger partial charge on any atom is 0.410 e. The average Bonchev–Trinajstić information content (AvgIpc) is 3.63. The number of hydrogen-bond donors (Lipinski definition) is 1. The Bertz CT molecular complexity index is 849. The molecular formula is C25H42N2O6S. The molecular weight excluding hydrogens is 456 g/mol. The summed E-state index contributed by atoms with van der Waals surface area (Å²) in [4.78, 5) is 30.2. The topological polar surface area (TPSA) is 104 Å². The quantitative estimate of drug-likeness (QED) is 0.604. The number of carbonyl (C=O) groups is 2. The number of piperazine rings is 1. The summed E-state index contributed by atoms with van der Waals surface area (Å²) in [6, 6.07) is -0.0217. The Morgan fingerprint density at radius 1 is 0.971 bits per heavy atom. The summed E-state index contributed by atoms with van der Waals surface area (Å²) in [7, 11) is -3.23. The summed E-state index contributed by atoms with van der Waals surface area (Å²) in [6.07, 6.45) is 7.26. The molecule has 4 atom stereocenters. The molecule has 9 heteroatoms. The number of aliphatic hydroxyl groups excluding tert-OH is 1. The van der Waals surface area contributed by atoms with Crippen molar-refractivity contribution in [3.05, 3.63) is 0 Å². The van der Waals surface area contributed by atoms with E-state index >= 15 is 0 Å². The van der Waals surface area contributed by atoms with E-state index in [4.69, 9.17) is 9.84 Å². The van der Waals surface area contributed by atoms with Crippen LogP contribution in [0.15, 0.2) is 0 Å². The first-order valence-electron chi connectivity index (χ1n) is 13.2. The van der Waals surface area contributed by atoms with Crippen LogP contribution in [0.4, 0.5) is 4.79 Å². The molecule has 0 spiro atoms. The van der Waals surface area contributed by atoms with Crippen molar-refractivity contribution in [2.45, 2.75) is 108 Å². The molecule has 1 saturated heterocycles. The van der Waals surface area contributed by atoms with Crippen LogP contribution in [-0.4, -0.2) is 83.7 Å². The van der Waals surface area contributed by atoms with E-state index in [-0.39, 0.29) is 59.8 Å². The SMILES string of the molecule is CC(C)OC(=O)N1C[C@H](C)N(C(=O)C2CC2)C2CCC(C3CCC(S(=O)(=O)CCO)CC3)CC21. The average molecular weight is 499 g/mol. The molecule has 4 fully saturated rings. The van der Waals surface area contributed by atoms with E-state index in [9.17, 15) is 18.0 Å². The number of amides is 2. The molecule has 0 bridgehead atoms. The van der Waals surface area contributed by atoms with Crippen molar-refractivity contribution in [2.75, 3.05) is 18.9 Å². The number of rotatable bonds is 6. The van der Waals surface area contributed by atoms with Crippen molar-refractivity contribution in [3.63, 3.8) is 0 Å². The van der Waals surface area contributed by atoms with Gasteiger partial charge in [-0.2, -0.15) is 0 Å². The zero-order chi connectivity index (χ0) is 24.6. The van der Waals surface area contributed by atoms with Crippen LogP contribution in [0.5, 0.6) is 0 Å². The van der Waals surface area contributed by atoms with Crippen LogP contribution in [0.2, 0.25) is 0 Å². The lowest BCUT2D eigenvalue weighted by Gasteiger charge is -2.54. The van der Waals surface area contributed by atoms with Crippen LogP contribution < -0.4 is 0 Å². The fraction of sp³-hybridized carbons (Fsp3) is 0.920. The van der Waals surface area contributed by atoms with E-state index < -0.39 is 9.84 Å². The Labute approximate surface area is 204 Å². The highest BCUT2D eigenvalue weighted by molar-refractivity contribution is 7.92. The molecule has 4 aliphatic rings. The number of ether oxygens (including phenoxy) is 1. The van der Waals surface area contributed by atoms with Gasteiger partial charge < -0.3 is 19.6 Å². The molecule has 1 N–H and O–H groups in total. The maximum absolute atomic E-state index is 13.2. The highest BCUT2D eigenvalue weighted by Crippen LogP contribution is 2.45. The van der Waals surface area contributed by atoms with Crippen LogP contribution in [-0.2, 0) is 19.4 Å². The van der Waals surface area contributed by atoms with Gasteiger partial charge in [0.05, 0.1) is 35.8 Å². The van der Waals surface area contributed by atoms with Gasteiger partial charge in [0.2, 0.25) is 5.91 Å². The van der Waals surface area contributed by atoms with Crippen molar-refractivity contribution < 1.29 is 27.9 Å². The second-order valence-electron chi connectivity index (χ2n) is 11.3. The molecule has 4 rings (SSSR count). The van der Waals surface area contributed by atoms with Crippen LogP contribution in [0.3, 0.4) is 0 Å². The Morgan fingerprint density at radius 3 is 2.21 bits per heavy atom. The zero-order valence-corrected chi connectivity index (χ0v) is 21.7. The summed E-state index contributed by atoms with van der Waals surface area (Å²) in [5.74, 6) is 1.13. The number of sulfone groups is 1. The van der Waals surface area contributed by atoms with Crippen LogP contribution in [0, 0.1) is 17.8 Å². The molecule has 1 heterocycles. The van der Waals surface area contributed by atoms with E-state index in [0.29, 0.717) is 31.2 Å². The van der Waals surface area contributed by atoms with E-state index in [1.807, 2.05) is 25.7 Å². The Morgan fingerprint density at radius 2 is 1.62 bits per heavy atom. The molecule has 3 aliphatic carbocycles. The molecule has 194 valence electrons. The van der Waals surface area contributed by atoms with Crippen molar-refractivity contribution in [3.8, 4) is 0 Å². The van der Waals surface area contributed by atoms with Crippen molar-refractivity contribution >= 4 is 21.8 Å². The Balaban J connectivity index is 1.47.